The van der Waals surface area contributed by atoms with E-state index >= 15 is 0 Å². The molecule has 1 aromatic heterocycles. The highest BCUT2D eigenvalue weighted by Crippen LogP contribution is 2.30. The van der Waals surface area contributed by atoms with Crippen molar-refractivity contribution in [3.05, 3.63) is 70.0 Å². The number of fused-ring (bicyclic) bond motifs is 1. The predicted octanol–water partition coefficient (Wildman–Crippen LogP) is 2.40. The third-order valence-electron chi connectivity index (χ3n) is 4.11. The molecule has 0 aliphatic carbocycles. The van der Waals surface area contributed by atoms with Crippen LogP contribution >= 0.6 is 0 Å². The molecule has 0 spiro atoms. The molecule has 2 N–H and O–H groups in total. The van der Waals surface area contributed by atoms with Crippen molar-refractivity contribution >= 4 is 16.8 Å². The van der Waals surface area contributed by atoms with Gasteiger partial charge in [0, 0.05) is 23.6 Å². The molecule has 134 valence electrons. The van der Waals surface area contributed by atoms with E-state index in [-0.39, 0.29) is 24.4 Å². The lowest BCUT2D eigenvalue weighted by Crippen LogP contribution is -2.27. The van der Waals surface area contributed by atoms with Crippen molar-refractivity contribution in [2.45, 2.75) is 13.0 Å². The van der Waals surface area contributed by atoms with Gasteiger partial charge in [-0.2, -0.15) is 0 Å². The van der Waals surface area contributed by atoms with Gasteiger partial charge in [-0.3, -0.25) is 9.59 Å². The van der Waals surface area contributed by atoms with Crippen LogP contribution in [0.3, 0.4) is 0 Å². The van der Waals surface area contributed by atoms with Crippen molar-refractivity contribution in [1.29, 1.82) is 0 Å². The summed E-state index contributed by atoms with van der Waals surface area (Å²) in [5.74, 6) is 0.980. The van der Waals surface area contributed by atoms with Crippen molar-refractivity contribution in [2.24, 2.45) is 0 Å². The second kappa shape index (κ2) is 7.74. The van der Waals surface area contributed by atoms with Crippen molar-refractivity contribution in [2.75, 3.05) is 14.2 Å². The Hall–Kier alpha value is -3.28. The Morgan fingerprint density at radius 3 is 2.42 bits per heavy atom. The number of aromatic nitrogens is 1. The minimum Gasteiger partial charge on any atom is -0.493 e. The van der Waals surface area contributed by atoms with Gasteiger partial charge in [-0.15, -0.1) is 0 Å². The molecule has 0 unspecified atom stereocenters. The smallest absolute Gasteiger partial charge is 0.253 e. The highest BCUT2D eigenvalue weighted by Gasteiger charge is 2.10. The molecular formula is C20H20N2O4. The summed E-state index contributed by atoms with van der Waals surface area (Å²) in [4.78, 5) is 27.2. The molecule has 0 bridgehead atoms. The zero-order valence-electron chi connectivity index (χ0n) is 14.7. The van der Waals surface area contributed by atoms with Crippen LogP contribution in [0.15, 0.2) is 53.3 Å². The molecular weight excluding hydrogens is 332 g/mol. The molecule has 0 saturated heterocycles. The number of methoxy groups -OCH3 is 2. The first-order chi connectivity index (χ1) is 12.6. The zero-order valence-corrected chi connectivity index (χ0v) is 14.7. The fourth-order valence-corrected chi connectivity index (χ4v) is 2.75. The molecule has 0 aliphatic rings. The van der Waals surface area contributed by atoms with Gasteiger partial charge < -0.3 is 19.8 Å². The standard InChI is InChI=1S/C20H20N2O4/c1-25-17-10-14-9-15(20(24)22-16(14)11-18(17)26-2)12-21-19(23)8-13-6-4-3-5-7-13/h3-7,9-11H,8,12H2,1-2H3,(H,21,23)(H,22,24). The molecule has 6 nitrogen and oxygen atoms in total. The minimum absolute atomic E-state index is 0.136. The van der Waals surface area contributed by atoms with Crippen LogP contribution in [0.25, 0.3) is 10.9 Å². The number of carbonyl (C=O) groups is 1. The fourth-order valence-electron chi connectivity index (χ4n) is 2.75. The second-order valence-electron chi connectivity index (χ2n) is 5.86. The molecule has 3 aromatic rings. The van der Waals surface area contributed by atoms with Crippen LogP contribution in [-0.4, -0.2) is 25.1 Å². The van der Waals surface area contributed by atoms with Crippen molar-refractivity contribution < 1.29 is 14.3 Å². The zero-order chi connectivity index (χ0) is 18.5. The molecule has 0 aliphatic heterocycles. The number of hydrogen-bond donors (Lipinski definition) is 2. The van der Waals surface area contributed by atoms with Crippen LogP contribution in [0.4, 0.5) is 0 Å². The average Bonchev–Trinajstić information content (AvgIpc) is 2.66. The second-order valence-corrected chi connectivity index (χ2v) is 5.86. The van der Waals surface area contributed by atoms with Gasteiger partial charge in [0.15, 0.2) is 11.5 Å². The lowest BCUT2D eigenvalue weighted by molar-refractivity contribution is -0.120. The van der Waals surface area contributed by atoms with Crippen LogP contribution in [0.5, 0.6) is 11.5 Å². The van der Waals surface area contributed by atoms with Crippen LogP contribution in [0.2, 0.25) is 0 Å². The number of amides is 1. The fraction of sp³-hybridized carbons (Fsp3) is 0.200. The Morgan fingerprint density at radius 2 is 1.73 bits per heavy atom. The number of pyridine rings is 1. The summed E-state index contributed by atoms with van der Waals surface area (Å²) in [6.45, 7) is 0.158. The number of nitrogens with one attached hydrogen (secondary N) is 2. The maximum absolute atomic E-state index is 12.3. The van der Waals surface area contributed by atoms with Gasteiger partial charge in [0.1, 0.15) is 0 Å². The van der Waals surface area contributed by atoms with E-state index in [1.807, 2.05) is 30.3 Å². The van der Waals surface area contributed by atoms with Gasteiger partial charge in [0.2, 0.25) is 5.91 Å². The SMILES string of the molecule is COc1cc2cc(CNC(=O)Cc3ccccc3)c(=O)[nH]c2cc1OC. The first kappa shape index (κ1) is 17.5. The third kappa shape index (κ3) is 3.85. The number of ether oxygens (including phenoxy) is 2. The highest BCUT2D eigenvalue weighted by atomic mass is 16.5. The van der Waals surface area contributed by atoms with E-state index < -0.39 is 0 Å². The van der Waals surface area contributed by atoms with Crippen LogP contribution < -0.4 is 20.3 Å². The average molecular weight is 352 g/mol. The third-order valence-corrected chi connectivity index (χ3v) is 4.11. The molecule has 0 saturated carbocycles. The molecule has 1 amide bonds. The van der Waals surface area contributed by atoms with Crippen molar-refractivity contribution in [3.63, 3.8) is 0 Å². The summed E-state index contributed by atoms with van der Waals surface area (Å²) in [5.41, 5.74) is 1.80. The lowest BCUT2D eigenvalue weighted by atomic mass is 10.1. The van der Waals surface area contributed by atoms with Crippen LogP contribution in [-0.2, 0) is 17.8 Å². The summed E-state index contributed by atoms with van der Waals surface area (Å²) in [6, 6.07) is 14.7. The van der Waals surface area contributed by atoms with Gasteiger partial charge in [-0.05, 0) is 17.7 Å². The number of carbonyl (C=O) groups excluding carboxylic acids is 1. The van der Waals surface area contributed by atoms with Gasteiger partial charge in [0.25, 0.3) is 5.56 Å². The Balaban J connectivity index is 1.78. The van der Waals surface area contributed by atoms with Gasteiger partial charge in [0.05, 0.1) is 26.2 Å². The minimum atomic E-state index is -0.246. The quantitative estimate of drug-likeness (QED) is 0.714. The van der Waals surface area contributed by atoms with Crippen molar-refractivity contribution in [1.82, 2.24) is 10.3 Å². The summed E-state index contributed by atoms with van der Waals surface area (Å²) in [5, 5.41) is 3.59. The summed E-state index contributed by atoms with van der Waals surface area (Å²) < 4.78 is 10.5. The monoisotopic (exact) mass is 352 g/mol. The summed E-state index contributed by atoms with van der Waals surface area (Å²) in [6.07, 6.45) is 0.275. The molecule has 0 fully saturated rings. The maximum atomic E-state index is 12.3. The van der Waals surface area contributed by atoms with Crippen LogP contribution in [0, 0.1) is 0 Å². The Labute approximate surface area is 150 Å². The predicted molar refractivity (Wildman–Crippen MR) is 99.7 cm³/mol. The normalized spacial score (nSPS) is 10.5. The molecule has 6 heteroatoms. The number of rotatable bonds is 6. The molecule has 3 rings (SSSR count). The first-order valence-corrected chi connectivity index (χ1v) is 8.19. The van der Waals surface area contributed by atoms with E-state index in [2.05, 4.69) is 10.3 Å². The van der Waals surface area contributed by atoms with E-state index in [1.165, 1.54) is 0 Å². The van der Waals surface area contributed by atoms with Gasteiger partial charge in [-0.25, -0.2) is 0 Å². The van der Waals surface area contributed by atoms with E-state index in [4.69, 9.17) is 9.47 Å². The van der Waals surface area contributed by atoms with Gasteiger partial charge >= 0.3 is 0 Å². The van der Waals surface area contributed by atoms with E-state index in [0.717, 1.165) is 10.9 Å². The molecule has 1 heterocycles. The van der Waals surface area contributed by atoms with Gasteiger partial charge in [-0.1, -0.05) is 30.3 Å². The van der Waals surface area contributed by atoms with E-state index in [0.29, 0.717) is 22.6 Å². The number of benzene rings is 2. The van der Waals surface area contributed by atoms with Crippen molar-refractivity contribution in [3.8, 4) is 11.5 Å². The summed E-state index contributed by atoms with van der Waals surface area (Å²) in [7, 11) is 3.10. The largest absolute Gasteiger partial charge is 0.493 e. The molecule has 0 radical (unpaired) electrons. The Kier molecular flexibility index (Phi) is 5.22. The first-order valence-electron chi connectivity index (χ1n) is 8.19. The number of aromatic amines is 1. The topological polar surface area (TPSA) is 80.4 Å². The van der Waals surface area contributed by atoms with Crippen LogP contribution in [0.1, 0.15) is 11.1 Å². The highest BCUT2D eigenvalue weighted by molar-refractivity contribution is 5.83. The Morgan fingerprint density at radius 1 is 1.04 bits per heavy atom. The maximum Gasteiger partial charge on any atom is 0.253 e. The molecule has 0 atom stereocenters. The van der Waals surface area contributed by atoms with E-state index in [1.54, 1.807) is 32.4 Å². The lowest BCUT2D eigenvalue weighted by Gasteiger charge is -2.10. The summed E-state index contributed by atoms with van der Waals surface area (Å²) >= 11 is 0. The molecule has 26 heavy (non-hydrogen) atoms. The Bertz CT molecular complexity index is 980. The number of H-pyrrole nitrogens is 1. The van der Waals surface area contributed by atoms with E-state index in [9.17, 15) is 9.59 Å². The molecule has 2 aromatic carbocycles. The number of hydrogen-bond acceptors (Lipinski definition) is 4.